The Kier molecular flexibility index (Phi) is 5.92. The Bertz CT molecular complexity index is 379. The number of ether oxygens (including phenoxy) is 3. The van der Waals surface area contributed by atoms with Gasteiger partial charge < -0.3 is 25.1 Å². The minimum atomic E-state index is -0.649. The topological polar surface area (TPSA) is 73.9 Å². The van der Waals surface area contributed by atoms with Crippen LogP contribution < -0.4 is 19.9 Å². The number of methoxy groups -OCH3 is 3. The van der Waals surface area contributed by atoms with Crippen molar-refractivity contribution in [3.63, 3.8) is 0 Å². The monoisotopic (exact) mass is 269 g/mol. The molecule has 3 N–H and O–H groups in total. The van der Waals surface area contributed by atoms with Gasteiger partial charge in [-0.1, -0.05) is 6.92 Å². The first-order valence-electron chi connectivity index (χ1n) is 6.30. The van der Waals surface area contributed by atoms with E-state index in [0.29, 0.717) is 29.4 Å². The van der Waals surface area contributed by atoms with Crippen molar-refractivity contribution in [1.29, 1.82) is 0 Å². The van der Waals surface area contributed by atoms with Gasteiger partial charge in [0.05, 0.1) is 27.4 Å². The lowest BCUT2D eigenvalue weighted by atomic mass is 9.93. The molecule has 0 bridgehead atoms. The Morgan fingerprint density at radius 1 is 1.11 bits per heavy atom. The molecule has 5 nitrogen and oxygen atoms in total. The first-order chi connectivity index (χ1) is 9.12. The highest BCUT2D eigenvalue weighted by Crippen LogP contribution is 2.40. The molecule has 1 aromatic rings. The molecule has 2 atom stereocenters. The molecule has 1 aromatic carbocycles. The van der Waals surface area contributed by atoms with Crippen molar-refractivity contribution in [2.24, 2.45) is 11.7 Å². The average molecular weight is 269 g/mol. The van der Waals surface area contributed by atoms with Crippen LogP contribution in [0.5, 0.6) is 17.2 Å². The van der Waals surface area contributed by atoms with E-state index in [9.17, 15) is 5.11 Å². The summed E-state index contributed by atoms with van der Waals surface area (Å²) in [7, 11) is 4.65. The normalized spacial score (nSPS) is 13.8. The van der Waals surface area contributed by atoms with Gasteiger partial charge in [-0.25, -0.2) is 0 Å². The summed E-state index contributed by atoms with van der Waals surface area (Å²) in [6.45, 7) is 2.42. The van der Waals surface area contributed by atoms with E-state index < -0.39 is 6.10 Å². The molecule has 0 aliphatic rings. The molecule has 2 unspecified atom stereocenters. The lowest BCUT2D eigenvalue weighted by molar-refractivity contribution is 0.109. The van der Waals surface area contributed by atoms with Crippen LogP contribution in [0.4, 0.5) is 0 Å². The van der Waals surface area contributed by atoms with E-state index in [1.807, 2.05) is 6.92 Å². The fraction of sp³-hybridized carbons (Fsp3) is 0.571. The molecule has 1 rings (SSSR count). The van der Waals surface area contributed by atoms with Crippen LogP contribution in [0.25, 0.3) is 0 Å². The van der Waals surface area contributed by atoms with Crippen molar-refractivity contribution in [2.45, 2.75) is 19.4 Å². The van der Waals surface area contributed by atoms with E-state index in [0.717, 1.165) is 6.42 Å². The summed E-state index contributed by atoms with van der Waals surface area (Å²) in [6.07, 6.45) is 0.151. The van der Waals surface area contributed by atoms with Gasteiger partial charge >= 0.3 is 0 Å². The minimum absolute atomic E-state index is 0.00260. The molecule has 0 saturated heterocycles. The zero-order chi connectivity index (χ0) is 14.4. The third-order valence-corrected chi connectivity index (χ3v) is 3.30. The van der Waals surface area contributed by atoms with Crippen molar-refractivity contribution < 1.29 is 19.3 Å². The lowest BCUT2D eigenvalue weighted by Crippen LogP contribution is -2.21. The Balaban J connectivity index is 3.22. The highest BCUT2D eigenvalue weighted by molar-refractivity contribution is 5.54. The number of benzene rings is 1. The SMILES string of the molecule is CCC(CN)C(O)c1cc(OC)c(OC)c(OC)c1. The second-order valence-corrected chi connectivity index (χ2v) is 4.31. The third-order valence-electron chi connectivity index (χ3n) is 3.30. The number of hydrogen-bond acceptors (Lipinski definition) is 5. The van der Waals surface area contributed by atoms with Gasteiger partial charge in [0.1, 0.15) is 0 Å². The molecular weight excluding hydrogens is 246 g/mol. The molecule has 0 aliphatic heterocycles. The van der Waals surface area contributed by atoms with Gasteiger partial charge in [-0.15, -0.1) is 0 Å². The predicted octanol–water partition coefficient (Wildman–Crippen LogP) is 1.73. The highest BCUT2D eigenvalue weighted by atomic mass is 16.5. The van der Waals surface area contributed by atoms with Gasteiger partial charge in [0, 0.05) is 5.92 Å². The van der Waals surface area contributed by atoms with Crippen molar-refractivity contribution in [3.05, 3.63) is 17.7 Å². The van der Waals surface area contributed by atoms with Gasteiger partial charge in [0.25, 0.3) is 0 Å². The van der Waals surface area contributed by atoms with E-state index in [2.05, 4.69) is 0 Å². The van der Waals surface area contributed by atoms with Crippen LogP contribution in [-0.2, 0) is 0 Å². The number of rotatable bonds is 7. The molecule has 0 heterocycles. The summed E-state index contributed by atoms with van der Waals surface area (Å²) in [4.78, 5) is 0. The van der Waals surface area contributed by atoms with Crippen LogP contribution in [0.15, 0.2) is 12.1 Å². The zero-order valence-electron chi connectivity index (χ0n) is 12.0. The van der Waals surface area contributed by atoms with Crippen LogP contribution in [0.2, 0.25) is 0 Å². The van der Waals surface area contributed by atoms with E-state index in [-0.39, 0.29) is 5.92 Å². The third kappa shape index (κ3) is 3.30. The summed E-state index contributed by atoms with van der Waals surface area (Å²) in [6, 6.07) is 3.51. The fourth-order valence-corrected chi connectivity index (χ4v) is 2.06. The molecule has 0 aromatic heterocycles. The van der Waals surface area contributed by atoms with Crippen molar-refractivity contribution in [1.82, 2.24) is 0 Å². The first kappa shape index (κ1) is 15.6. The lowest BCUT2D eigenvalue weighted by Gasteiger charge is -2.22. The van der Waals surface area contributed by atoms with Crippen molar-refractivity contribution in [2.75, 3.05) is 27.9 Å². The number of nitrogens with two attached hydrogens (primary N) is 1. The molecule has 19 heavy (non-hydrogen) atoms. The minimum Gasteiger partial charge on any atom is -0.493 e. The van der Waals surface area contributed by atoms with Crippen molar-refractivity contribution in [3.8, 4) is 17.2 Å². The maximum Gasteiger partial charge on any atom is 0.203 e. The van der Waals surface area contributed by atoms with Crippen molar-refractivity contribution >= 4 is 0 Å². The van der Waals surface area contributed by atoms with E-state index in [1.54, 1.807) is 33.5 Å². The molecule has 0 spiro atoms. The predicted molar refractivity (Wildman–Crippen MR) is 73.9 cm³/mol. The van der Waals surface area contributed by atoms with Crippen LogP contribution >= 0.6 is 0 Å². The second kappa shape index (κ2) is 7.21. The Hall–Kier alpha value is -1.46. The van der Waals surface area contributed by atoms with Gasteiger partial charge in [-0.05, 0) is 30.7 Å². The zero-order valence-corrected chi connectivity index (χ0v) is 12.0. The largest absolute Gasteiger partial charge is 0.493 e. The Morgan fingerprint density at radius 3 is 1.95 bits per heavy atom. The standard InChI is InChI=1S/C14H23NO4/c1-5-9(8-15)13(16)10-6-11(17-2)14(19-4)12(7-10)18-3/h6-7,9,13,16H,5,8,15H2,1-4H3. The first-order valence-corrected chi connectivity index (χ1v) is 6.30. The number of aliphatic hydroxyl groups is 1. The molecule has 0 saturated carbocycles. The van der Waals surface area contributed by atoms with Gasteiger partial charge in [0.2, 0.25) is 5.75 Å². The average Bonchev–Trinajstić information content (AvgIpc) is 2.46. The van der Waals surface area contributed by atoms with Crippen LogP contribution in [-0.4, -0.2) is 33.0 Å². The fourth-order valence-electron chi connectivity index (χ4n) is 2.06. The maximum atomic E-state index is 10.4. The van der Waals surface area contributed by atoms with Crippen LogP contribution in [0.3, 0.4) is 0 Å². The Labute approximate surface area is 114 Å². The number of aliphatic hydroxyl groups excluding tert-OH is 1. The van der Waals surface area contributed by atoms with Crippen LogP contribution in [0, 0.1) is 5.92 Å². The number of hydrogen-bond donors (Lipinski definition) is 2. The second-order valence-electron chi connectivity index (χ2n) is 4.31. The Morgan fingerprint density at radius 2 is 1.63 bits per heavy atom. The van der Waals surface area contributed by atoms with Crippen LogP contribution in [0.1, 0.15) is 25.0 Å². The summed E-state index contributed by atoms with van der Waals surface area (Å²) in [5.41, 5.74) is 6.39. The molecule has 0 radical (unpaired) electrons. The molecule has 0 aliphatic carbocycles. The summed E-state index contributed by atoms with van der Waals surface area (Å²) >= 11 is 0. The van der Waals surface area contributed by atoms with Gasteiger partial charge in [-0.2, -0.15) is 0 Å². The summed E-state index contributed by atoms with van der Waals surface area (Å²) in [5.74, 6) is 1.58. The van der Waals surface area contributed by atoms with Gasteiger partial charge in [0.15, 0.2) is 11.5 Å². The molecule has 0 amide bonds. The molecular formula is C14H23NO4. The highest BCUT2D eigenvalue weighted by Gasteiger charge is 2.22. The van der Waals surface area contributed by atoms with Gasteiger partial charge in [-0.3, -0.25) is 0 Å². The van der Waals surface area contributed by atoms with E-state index in [1.165, 1.54) is 0 Å². The van der Waals surface area contributed by atoms with E-state index in [4.69, 9.17) is 19.9 Å². The van der Waals surface area contributed by atoms with E-state index >= 15 is 0 Å². The summed E-state index contributed by atoms with van der Waals surface area (Å²) < 4.78 is 15.8. The molecule has 108 valence electrons. The smallest absolute Gasteiger partial charge is 0.203 e. The quantitative estimate of drug-likeness (QED) is 0.788. The maximum absolute atomic E-state index is 10.4. The molecule has 0 fully saturated rings. The molecule has 5 heteroatoms. The summed E-state index contributed by atoms with van der Waals surface area (Å²) in [5, 5.41) is 10.4.